The SMILES string of the molecule is CN(C)C/C=C/C(=O)Nc1cnc2c(c1)c(-c1ccc(C(F)(F)F)cc1)cn2C.O=C(O)C(F)(F)F. The van der Waals surface area contributed by atoms with E-state index in [9.17, 15) is 31.1 Å². The molecule has 13 heteroatoms. The molecule has 7 nitrogen and oxygen atoms in total. The summed E-state index contributed by atoms with van der Waals surface area (Å²) in [5.74, 6) is -3.03. The second-order valence-electron chi connectivity index (χ2n) is 7.78. The number of hydrogen-bond acceptors (Lipinski definition) is 4. The van der Waals surface area contributed by atoms with Gasteiger partial charge in [-0.1, -0.05) is 18.2 Å². The molecule has 2 N–H and O–H groups in total. The number of amides is 1. The molecule has 0 saturated heterocycles. The Morgan fingerprint density at radius 3 is 2.19 bits per heavy atom. The number of nitrogens with zero attached hydrogens (tertiary/aromatic N) is 3. The number of rotatable bonds is 5. The zero-order valence-electron chi connectivity index (χ0n) is 19.3. The van der Waals surface area contributed by atoms with Gasteiger partial charge in [0.05, 0.1) is 17.4 Å². The Hall–Kier alpha value is -3.87. The third kappa shape index (κ3) is 7.83. The second-order valence-corrected chi connectivity index (χ2v) is 7.78. The monoisotopic (exact) mass is 516 g/mol. The van der Waals surface area contributed by atoms with Crippen molar-refractivity contribution in [1.82, 2.24) is 14.5 Å². The number of aryl methyl sites for hydroxylation is 1. The topological polar surface area (TPSA) is 87.5 Å². The molecule has 0 aliphatic heterocycles. The number of anilines is 1. The largest absolute Gasteiger partial charge is 0.490 e. The second kappa shape index (κ2) is 11.2. The number of pyridine rings is 1. The van der Waals surface area contributed by atoms with Crippen LogP contribution < -0.4 is 5.32 Å². The lowest BCUT2D eigenvalue weighted by molar-refractivity contribution is -0.192. The van der Waals surface area contributed by atoms with E-state index in [1.807, 2.05) is 32.2 Å². The molecule has 0 radical (unpaired) electrons. The smallest absolute Gasteiger partial charge is 0.475 e. The van der Waals surface area contributed by atoms with Crippen molar-refractivity contribution >= 4 is 28.6 Å². The van der Waals surface area contributed by atoms with Gasteiger partial charge in [-0.05, 0) is 37.9 Å². The summed E-state index contributed by atoms with van der Waals surface area (Å²) >= 11 is 0. The molecule has 0 atom stereocenters. The van der Waals surface area contributed by atoms with Crippen molar-refractivity contribution in [3.8, 4) is 11.1 Å². The zero-order valence-corrected chi connectivity index (χ0v) is 19.3. The molecule has 0 unspecified atom stereocenters. The maximum absolute atomic E-state index is 12.8. The highest BCUT2D eigenvalue weighted by atomic mass is 19.4. The van der Waals surface area contributed by atoms with E-state index in [4.69, 9.17) is 9.90 Å². The molecule has 1 amide bonds. The first kappa shape index (κ1) is 28.4. The predicted octanol–water partition coefficient (Wildman–Crippen LogP) is 4.95. The summed E-state index contributed by atoms with van der Waals surface area (Å²) in [7, 11) is 5.61. The number of benzene rings is 1. The lowest BCUT2D eigenvalue weighted by atomic mass is 10.0. The fourth-order valence-corrected chi connectivity index (χ4v) is 2.95. The Bertz CT molecular complexity index is 1250. The van der Waals surface area contributed by atoms with Crippen LogP contribution in [0.15, 0.2) is 54.9 Å². The van der Waals surface area contributed by atoms with E-state index in [2.05, 4.69) is 10.3 Å². The van der Waals surface area contributed by atoms with E-state index < -0.39 is 23.9 Å². The first-order chi connectivity index (χ1) is 16.6. The van der Waals surface area contributed by atoms with E-state index in [0.717, 1.165) is 23.1 Å². The standard InChI is InChI=1S/C21H21F3N4O.C2HF3O2/c1-27(2)10-4-5-19(29)26-16-11-17-18(13-28(3)20(17)25-12-16)14-6-8-15(9-7-14)21(22,23)24;3-2(4,5)1(6)7/h4-9,11-13H,10H2,1-3H3,(H,26,29);(H,6,7)/b5-4+;. The fraction of sp³-hybridized carbons (Fsp3) is 0.261. The molecular weight excluding hydrogens is 494 g/mol. The number of aliphatic carboxylic acids is 1. The molecule has 0 bridgehead atoms. The number of carbonyl (C=O) groups is 2. The quantitative estimate of drug-likeness (QED) is 0.370. The van der Waals surface area contributed by atoms with Gasteiger partial charge < -0.3 is 19.9 Å². The molecule has 0 spiro atoms. The summed E-state index contributed by atoms with van der Waals surface area (Å²) in [5.41, 5.74) is 1.86. The number of carbonyl (C=O) groups excluding carboxylic acids is 1. The van der Waals surface area contributed by atoms with Gasteiger partial charge in [-0.3, -0.25) is 4.79 Å². The third-order valence-corrected chi connectivity index (χ3v) is 4.59. The van der Waals surface area contributed by atoms with Gasteiger partial charge in [0.2, 0.25) is 5.91 Å². The zero-order chi connectivity index (χ0) is 27.3. The minimum atomic E-state index is -5.08. The Kier molecular flexibility index (Phi) is 8.86. The van der Waals surface area contributed by atoms with Gasteiger partial charge in [-0.25, -0.2) is 9.78 Å². The molecule has 194 valence electrons. The molecular formula is C23H22F6N4O3. The van der Waals surface area contributed by atoms with Crippen LogP contribution >= 0.6 is 0 Å². The Morgan fingerprint density at radius 2 is 1.69 bits per heavy atom. The van der Waals surface area contributed by atoms with Crippen molar-refractivity contribution in [1.29, 1.82) is 0 Å². The van der Waals surface area contributed by atoms with Gasteiger partial charge >= 0.3 is 18.3 Å². The van der Waals surface area contributed by atoms with Crippen LogP contribution in [0.2, 0.25) is 0 Å². The van der Waals surface area contributed by atoms with Crippen LogP contribution in [0.25, 0.3) is 22.2 Å². The van der Waals surface area contributed by atoms with E-state index in [1.165, 1.54) is 18.2 Å². The molecule has 2 heterocycles. The van der Waals surface area contributed by atoms with Crippen molar-refractivity contribution < 1.29 is 41.0 Å². The molecule has 0 aliphatic rings. The van der Waals surface area contributed by atoms with Crippen LogP contribution in [0.1, 0.15) is 5.56 Å². The number of fused-ring (bicyclic) bond motifs is 1. The van der Waals surface area contributed by atoms with Crippen molar-refractivity contribution in [2.75, 3.05) is 26.0 Å². The summed E-state index contributed by atoms with van der Waals surface area (Å²) in [6.07, 6.45) is -2.90. The van der Waals surface area contributed by atoms with Crippen LogP contribution in [-0.2, 0) is 22.8 Å². The number of nitrogens with one attached hydrogen (secondary N) is 1. The molecule has 0 aliphatic carbocycles. The molecule has 0 saturated carbocycles. The summed E-state index contributed by atoms with van der Waals surface area (Å²) in [6.45, 7) is 0.640. The van der Waals surface area contributed by atoms with Crippen molar-refractivity contribution in [2.24, 2.45) is 7.05 Å². The highest BCUT2D eigenvalue weighted by Crippen LogP contribution is 2.34. The normalized spacial score (nSPS) is 12.1. The van der Waals surface area contributed by atoms with Gasteiger partial charge in [0.25, 0.3) is 0 Å². The van der Waals surface area contributed by atoms with Crippen LogP contribution in [0, 0.1) is 0 Å². The third-order valence-electron chi connectivity index (χ3n) is 4.59. The Morgan fingerprint density at radius 1 is 1.11 bits per heavy atom. The van der Waals surface area contributed by atoms with Crippen LogP contribution in [0.3, 0.4) is 0 Å². The highest BCUT2D eigenvalue weighted by Gasteiger charge is 2.38. The van der Waals surface area contributed by atoms with Crippen LogP contribution in [0.5, 0.6) is 0 Å². The summed E-state index contributed by atoms with van der Waals surface area (Å²) in [5, 5.41) is 10.6. The van der Waals surface area contributed by atoms with E-state index >= 15 is 0 Å². The highest BCUT2D eigenvalue weighted by molar-refractivity contribution is 6.02. The Labute approximate surface area is 201 Å². The van der Waals surface area contributed by atoms with E-state index in [0.29, 0.717) is 23.4 Å². The maximum Gasteiger partial charge on any atom is 0.490 e. The first-order valence-corrected chi connectivity index (χ1v) is 10.1. The number of carboxylic acids is 1. The molecule has 3 rings (SSSR count). The molecule has 0 fully saturated rings. The fourth-order valence-electron chi connectivity index (χ4n) is 2.95. The minimum Gasteiger partial charge on any atom is -0.475 e. The summed E-state index contributed by atoms with van der Waals surface area (Å²) in [4.78, 5) is 27.3. The lowest BCUT2D eigenvalue weighted by Crippen LogP contribution is -2.21. The summed E-state index contributed by atoms with van der Waals surface area (Å²) in [6, 6.07) is 6.76. The van der Waals surface area contributed by atoms with Gasteiger partial charge in [0.15, 0.2) is 0 Å². The van der Waals surface area contributed by atoms with Gasteiger partial charge in [0, 0.05) is 36.8 Å². The Balaban J connectivity index is 0.000000572. The van der Waals surface area contributed by atoms with E-state index in [1.54, 1.807) is 22.9 Å². The number of carboxylic acid groups (broad SMARTS) is 1. The van der Waals surface area contributed by atoms with Gasteiger partial charge in [0.1, 0.15) is 5.65 Å². The number of halogens is 6. The van der Waals surface area contributed by atoms with Crippen molar-refractivity contribution in [3.63, 3.8) is 0 Å². The van der Waals surface area contributed by atoms with Crippen LogP contribution in [0.4, 0.5) is 32.0 Å². The molecule has 2 aromatic heterocycles. The number of alkyl halides is 6. The average Bonchev–Trinajstić information content (AvgIpc) is 3.08. The van der Waals surface area contributed by atoms with Crippen molar-refractivity contribution in [3.05, 3.63) is 60.4 Å². The van der Waals surface area contributed by atoms with Crippen LogP contribution in [-0.4, -0.2) is 58.3 Å². The molecule has 3 aromatic rings. The maximum atomic E-state index is 12.8. The minimum absolute atomic E-state index is 0.278. The van der Waals surface area contributed by atoms with Crippen molar-refractivity contribution in [2.45, 2.75) is 12.4 Å². The average molecular weight is 516 g/mol. The molecule has 1 aromatic carbocycles. The number of aromatic nitrogens is 2. The van der Waals surface area contributed by atoms with E-state index in [-0.39, 0.29) is 5.91 Å². The predicted molar refractivity (Wildman–Crippen MR) is 121 cm³/mol. The van der Waals surface area contributed by atoms with Gasteiger partial charge in [-0.15, -0.1) is 0 Å². The lowest BCUT2D eigenvalue weighted by Gasteiger charge is -2.07. The molecule has 36 heavy (non-hydrogen) atoms. The first-order valence-electron chi connectivity index (χ1n) is 10.1. The number of hydrogen-bond donors (Lipinski definition) is 2. The number of likely N-dealkylation sites (N-methyl/N-ethyl adjacent to an activating group) is 1. The summed E-state index contributed by atoms with van der Waals surface area (Å²) < 4.78 is 72.0. The van der Waals surface area contributed by atoms with Gasteiger partial charge in [-0.2, -0.15) is 26.3 Å².